The van der Waals surface area contributed by atoms with Crippen LogP contribution < -0.4 is 11.1 Å². The zero-order valence-corrected chi connectivity index (χ0v) is 11.7. The largest absolute Gasteiger partial charge is 0.353 e. The lowest BCUT2D eigenvalue weighted by molar-refractivity contribution is -0.119. The number of carbonyl (C=O) groups is 1. The van der Waals surface area contributed by atoms with Crippen LogP contribution in [0.2, 0.25) is 0 Å². The first-order valence-electron chi connectivity index (χ1n) is 6.04. The van der Waals surface area contributed by atoms with Gasteiger partial charge in [-0.05, 0) is 25.3 Å². The van der Waals surface area contributed by atoms with Gasteiger partial charge in [0.25, 0.3) is 0 Å². The molecule has 102 valence electrons. The van der Waals surface area contributed by atoms with E-state index >= 15 is 0 Å². The minimum Gasteiger partial charge on any atom is -0.353 e. The molecule has 0 rings (SSSR count). The number of hydrogen-bond acceptors (Lipinski definition) is 4. The smallest absolute Gasteiger partial charge is 0.235 e. The summed E-state index contributed by atoms with van der Waals surface area (Å²) in [6.07, 6.45) is 1.61. The number of hydrogen-bond donors (Lipinski definition) is 2. The van der Waals surface area contributed by atoms with E-state index in [0.717, 1.165) is 12.8 Å². The lowest BCUT2D eigenvalue weighted by atomic mass is 10.2. The second-order valence-electron chi connectivity index (χ2n) is 4.48. The fourth-order valence-electron chi connectivity index (χ4n) is 1.52. The Morgan fingerprint density at radius 3 is 2.24 bits per heavy atom. The van der Waals surface area contributed by atoms with Crippen LogP contribution in [0.25, 0.3) is 0 Å². The van der Waals surface area contributed by atoms with Crippen LogP contribution in [0.4, 0.5) is 0 Å². The molecule has 3 N–H and O–H groups in total. The van der Waals surface area contributed by atoms with E-state index in [4.69, 9.17) is 5.73 Å². The third-order valence-corrected chi connectivity index (χ3v) is 4.42. The summed E-state index contributed by atoms with van der Waals surface area (Å²) >= 11 is 0. The van der Waals surface area contributed by atoms with Crippen molar-refractivity contribution in [3.63, 3.8) is 0 Å². The molecule has 0 aliphatic rings. The minimum atomic E-state index is -3.35. The maximum Gasteiger partial charge on any atom is 0.235 e. The predicted molar refractivity (Wildman–Crippen MR) is 69.4 cm³/mol. The molecule has 1 atom stereocenters. The van der Waals surface area contributed by atoms with E-state index in [1.54, 1.807) is 6.92 Å². The zero-order valence-electron chi connectivity index (χ0n) is 10.9. The Bertz CT molecular complexity index is 324. The Labute approximate surface area is 104 Å². The number of sulfone groups is 1. The lowest BCUT2D eigenvalue weighted by Gasteiger charge is -2.15. The molecule has 0 saturated heterocycles. The van der Waals surface area contributed by atoms with Crippen LogP contribution in [0.5, 0.6) is 0 Å². The average Bonchev–Trinajstić information content (AvgIpc) is 2.24. The van der Waals surface area contributed by atoms with Crippen molar-refractivity contribution in [2.75, 3.05) is 18.1 Å². The topological polar surface area (TPSA) is 89.3 Å². The van der Waals surface area contributed by atoms with Gasteiger partial charge in [-0.15, -0.1) is 0 Å². The van der Waals surface area contributed by atoms with Gasteiger partial charge in [-0.2, -0.15) is 0 Å². The Morgan fingerprint density at radius 2 is 1.82 bits per heavy atom. The number of nitrogens with two attached hydrogens (primary N) is 1. The Hall–Kier alpha value is -0.620. The fourth-order valence-corrected chi connectivity index (χ4v) is 3.13. The predicted octanol–water partition coefficient (Wildman–Crippen LogP) is 0.301. The highest BCUT2D eigenvalue weighted by Crippen LogP contribution is 2.02. The molecule has 0 aliphatic heterocycles. The van der Waals surface area contributed by atoms with E-state index in [1.807, 2.05) is 13.8 Å². The number of nitrogens with one attached hydrogen (secondary N) is 1. The van der Waals surface area contributed by atoms with Crippen LogP contribution in [0.15, 0.2) is 0 Å². The van der Waals surface area contributed by atoms with Crippen molar-refractivity contribution in [3.8, 4) is 0 Å². The SMILES string of the molecule is CCC(CC)NC(=O)CS(=O)(=O)CC(C)CN. The molecule has 0 radical (unpaired) electrons. The van der Waals surface area contributed by atoms with E-state index < -0.39 is 21.5 Å². The van der Waals surface area contributed by atoms with Crippen LogP contribution in [-0.4, -0.2) is 38.4 Å². The highest BCUT2D eigenvalue weighted by atomic mass is 32.2. The normalized spacial score (nSPS) is 13.7. The second-order valence-corrected chi connectivity index (χ2v) is 6.59. The van der Waals surface area contributed by atoms with Gasteiger partial charge in [0.05, 0.1) is 5.75 Å². The maximum atomic E-state index is 11.7. The molecule has 0 fully saturated rings. The molecule has 0 heterocycles. The Kier molecular flexibility index (Phi) is 7.38. The van der Waals surface area contributed by atoms with Gasteiger partial charge in [0.1, 0.15) is 5.75 Å². The van der Waals surface area contributed by atoms with Gasteiger partial charge in [-0.25, -0.2) is 8.42 Å². The van der Waals surface area contributed by atoms with Crippen molar-refractivity contribution in [2.24, 2.45) is 11.7 Å². The molecule has 0 aliphatic carbocycles. The summed E-state index contributed by atoms with van der Waals surface area (Å²) in [6, 6.07) is 0.0598. The minimum absolute atomic E-state index is 0.0279. The Balaban J connectivity index is 4.27. The summed E-state index contributed by atoms with van der Waals surface area (Å²) in [5.41, 5.74) is 5.37. The lowest BCUT2D eigenvalue weighted by Crippen LogP contribution is -2.39. The van der Waals surface area contributed by atoms with Gasteiger partial charge in [0.15, 0.2) is 9.84 Å². The summed E-state index contributed by atoms with van der Waals surface area (Å²) in [4.78, 5) is 11.5. The number of carbonyl (C=O) groups excluding carboxylic acids is 1. The monoisotopic (exact) mass is 264 g/mol. The standard InChI is InChI=1S/C11H24N2O3S/c1-4-10(5-2)13-11(14)8-17(15,16)7-9(3)6-12/h9-10H,4-8,12H2,1-3H3,(H,13,14). The van der Waals surface area contributed by atoms with Gasteiger partial charge in [-0.1, -0.05) is 20.8 Å². The van der Waals surface area contributed by atoms with Gasteiger partial charge in [-0.3, -0.25) is 4.79 Å². The van der Waals surface area contributed by atoms with Gasteiger partial charge in [0, 0.05) is 6.04 Å². The van der Waals surface area contributed by atoms with Crippen molar-refractivity contribution in [1.82, 2.24) is 5.32 Å². The van der Waals surface area contributed by atoms with Crippen molar-refractivity contribution < 1.29 is 13.2 Å². The first kappa shape index (κ1) is 16.4. The summed E-state index contributed by atoms with van der Waals surface area (Å²) in [5.74, 6) is -0.989. The quantitative estimate of drug-likeness (QED) is 0.660. The van der Waals surface area contributed by atoms with Crippen LogP contribution in [0, 0.1) is 5.92 Å². The van der Waals surface area contributed by atoms with Gasteiger partial charge >= 0.3 is 0 Å². The van der Waals surface area contributed by atoms with Gasteiger partial charge < -0.3 is 11.1 Å². The molecule has 1 amide bonds. The number of amides is 1. The van der Waals surface area contributed by atoms with E-state index in [9.17, 15) is 13.2 Å². The molecule has 17 heavy (non-hydrogen) atoms. The van der Waals surface area contributed by atoms with E-state index in [1.165, 1.54) is 0 Å². The van der Waals surface area contributed by atoms with Crippen molar-refractivity contribution in [2.45, 2.75) is 39.7 Å². The average molecular weight is 264 g/mol. The highest BCUT2D eigenvalue weighted by Gasteiger charge is 2.20. The highest BCUT2D eigenvalue weighted by molar-refractivity contribution is 7.92. The molecule has 0 saturated carbocycles. The molecule has 0 spiro atoms. The number of rotatable bonds is 8. The molecule has 5 nitrogen and oxygen atoms in total. The fraction of sp³-hybridized carbons (Fsp3) is 0.909. The third kappa shape index (κ3) is 7.33. The van der Waals surface area contributed by atoms with E-state index in [-0.39, 0.29) is 17.7 Å². The molecule has 0 aromatic rings. The van der Waals surface area contributed by atoms with Gasteiger partial charge in [0.2, 0.25) is 5.91 Å². The molecular formula is C11H24N2O3S. The van der Waals surface area contributed by atoms with Crippen molar-refractivity contribution >= 4 is 15.7 Å². The molecule has 0 aromatic carbocycles. The summed E-state index contributed by atoms with van der Waals surface area (Å²) in [6.45, 7) is 5.99. The molecule has 0 aromatic heterocycles. The molecule has 0 bridgehead atoms. The first-order chi connectivity index (χ1) is 7.84. The van der Waals surface area contributed by atoms with Crippen LogP contribution in [-0.2, 0) is 14.6 Å². The van der Waals surface area contributed by atoms with E-state index in [0.29, 0.717) is 6.54 Å². The Morgan fingerprint density at radius 1 is 1.29 bits per heavy atom. The first-order valence-corrected chi connectivity index (χ1v) is 7.86. The van der Waals surface area contributed by atoms with Crippen LogP contribution in [0.1, 0.15) is 33.6 Å². The molecule has 6 heteroatoms. The van der Waals surface area contributed by atoms with Crippen molar-refractivity contribution in [1.29, 1.82) is 0 Å². The molecular weight excluding hydrogens is 240 g/mol. The molecule has 1 unspecified atom stereocenters. The summed E-state index contributed by atoms with van der Waals surface area (Å²) in [7, 11) is -3.35. The van der Waals surface area contributed by atoms with Crippen LogP contribution >= 0.6 is 0 Å². The summed E-state index contributed by atoms with van der Waals surface area (Å²) in [5, 5.41) is 2.71. The van der Waals surface area contributed by atoms with Crippen LogP contribution in [0.3, 0.4) is 0 Å². The maximum absolute atomic E-state index is 11.7. The van der Waals surface area contributed by atoms with Crippen molar-refractivity contribution in [3.05, 3.63) is 0 Å². The third-order valence-electron chi connectivity index (χ3n) is 2.64. The second kappa shape index (κ2) is 7.66. The zero-order chi connectivity index (χ0) is 13.5. The summed E-state index contributed by atoms with van der Waals surface area (Å²) < 4.78 is 23.3. The van der Waals surface area contributed by atoms with E-state index in [2.05, 4.69) is 5.32 Å².